The van der Waals surface area contributed by atoms with Crippen molar-refractivity contribution in [3.8, 4) is 0 Å². The van der Waals surface area contributed by atoms with Crippen molar-refractivity contribution in [2.24, 2.45) is 17.8 Å². The van der Waals surface area contributed by atoms with Crippen LogP contribution < -0.4 is 10.6 Å². The minimum Gasteiger partial charge on any atom is -0.379 e. The van der Waals surface area contributed by atoms with Crippen molar-refractivity contribution in [1.82, 2.24) is 15.5 Å². The van der Waals surface area contributed by atoms with Crippen molar-refractivity contribution in [3.63, 3.8) is 0 Å². The SMILES string of the molecule is CC(C)C[C@@H](NC(=O)C1CCC(C)CC1)C(=O)NCCN1CCOCC1. The molecular formula is C20H37N3O3. The van der Waals surface area contributed by atoms with Crippen molar-refractivity contribution in [2.45, 2.75) is 58.9 Å². The zero-order chi connectivity index (χ0) is 18.9. The van der Waals surface area contributed by atoms with Gasteiger partial charge in [0, 0.05) is 32.1 Å². The highest BCUT2D eigenvalue weighted by Gasteiger charge is 2.28. The summed E-state index contributed by atoms with van der Waals surface area (Å²) in [6.07, 6.45) is 4.79. The zero-order valence-electron chi connectivity index (χ0n) is 16.8. The summed E-state index contributed by atoms with van der Waals surface area (Å²) in [7, 11) is 0. The first-order chi connectivity index (χ1) is 12.5. The molecule has 0 aromatic rings. The summed E-state index contributed by atoms with van der Waals surface area (Å²) < 4.78 is 5.34. The van der Waals surface area contributed by atoms with Crippen molar-refractivity contribution in [3.05, 3.63) is 0 Å². The van der Waals surface area contributed by atoms with Crippen LogP contribution in [0.5, 0.6) is 0 Å². The summed E-state index contributed by atoms with van der Waals surface area (Å²) in [5.74, 6) is 1.16. The second kappa shape index (κ2) is 10.9. The van der Waals surface area contributed by atoms with E-state index in [-0.39, 0.29) is 17.7 Å². The lowest BCUT2D eigenvalue weighted by atomic mass is 9.82. The molecule has 1 aliphatic carbocycles. The molecule has 2 aliphatic rings. The van der Waals surface area contributed by atoms with Gasteiger partial charge in [0.25, 0.3) is 0 Å². The van der Waals surface area contributed by atoms with E-state index in [0.717, 1.165) is 58.5 Å². The minimum atomic E-state index is -0.425. The number of nitrogens with zero attached hydrogens (tertiary/aromatic N) is 1. The van der Waals surface area contributed by atoms with E-state index in [0.29, 0.717) is 24.8 Å². The highest BCUT2D eigenvalue weighted by molar-refractivity contribution is 5.88. The second-order valence-electron chi connectivity index (χ2n) is 8.39. The fourth-order valence-electron chi connectivity index (χ4n) is 3.80. The van der Waals surface area contributed by atoms with Crippen LogP contribution in [0.1, 0.15) is 52.9 Å². The van der Waals surface area contributed by atoms with Crippen LogP contribution in [0.25, 0.3) is 0 Å². The molecule has 0 aromatic heterocycles. The Morgan fingerprint density at radius 1 is 1.12 bits per heavy atom. The smallest absolute Gasteiger partial charge is 0.242 e. The van der Waals surface area contributed by atoms with Crippen molar-refractivity contribution >= 4 is 11.8 Å². The molecular weight excluding hydrogens is 330 g/mol. The Bertz CT molecular complexity index is 442. The normalized spacial score (nSPS) is 25.7. The molecule has 0 spiro atoms. The predicted molar refractivity (Wildman–Crippen MR) is 103 cm³/mol. The molecule has 2 rings (SSSR count). The van der Waals surface area contributed by atoms with E-state index in [1.54, 1.807) is 0 Å². The Morgan fingerprint density at radius 2 is 1.77 bits per heavy atom. The lowest BCUT2D eigenvalue weighted by Crippen LogP contribution is -2.51. The third-order valence-corrected chi connectivity index (χ3v) is 5.56. The molecule has 0 aromatic carbocycles. The first-order valence-corrected chi connectivity index (χ1v) is 10.3. The number of rotatable bonds is 8. The summed E-state index contributed by atoms with van der Waals surface area (Å²) in [5, 5.41) is 6.05. The Hall–Kier alpha value is -1.14. The highest BCUT2D eigenvalue weighted by atomic mass is 16.5. The first kappa shape index (κ1) is 21.2. The van der Waals surface area contributed by atoms with E-state index in [1.165, 1.54) is 0 Å². The lowest BCUT2D eigenvalue weighted by molar-refractivity contribution is -0.132. The molecule has 1 saturated heterocycles. The van der Waals surface area contributed by atoms with Gasteiger partial charge in [0.2, 0.25) is 11.8 Å². The number of carbonyl (C=O) groups excluding carboxylic acids is 2. The molecule has 150 valence electrons. The van der Waals surface area contributed by atoms with E-state index in [1.807, 2.05) is 0 Å². The van der Waals surface area contributed by atoms with Gasteiger partial charge in [-0.2, -0.15) is 0 Å². The maximum Gasteiger partial charge on any atom is 0.242 e. The fraction of sp³-hybridized carbons (Fsp3) is 0.900. The van der Waals surface area contributed by atoms with Gasteiger partial charge in [-0.05, 0) is 43.9 Å². The van der Waals surface area contributed by atoms with Crippen LogP contribution in [0.3, 0.4) is 0 Å². The molecule has 2 N–H and O–H groups in total. The first-order valence-electron chi connectivity index (χ1n) is 10.3. The molecule has 0 bridgehead atoms. The molecule has 0 radical (unpaired) electrons. The predicted octanol–water partition coefficient (Wildman–Crippen LogP) is 1.79. The van der Waals surface area contributed by atoms with Crippen LogP contribution in [0.15, 0.2) is 0 Å². The van der Waals surface area contributed by atoms with Crippen LogP contribution in [0.4, 0.5) is 0 Å². The van der Waals surface area contributed by atoms with Gasteiger partial charge >= 0.3 is 0 Å². The zero-order valence-corrected chi connectivity index (χ0v) is 16.8. The van der Waals surface area contributed by atoms with Crippen LogP contribution in [0, 0.1) is 17.8 Å². The maximum absolute atomic E-state index is 12.6. The third-order valence-electron chi connectivity index (χ3n) is 5.56. The van der Waals surface area contributed by atoms with E-state index in [9.17, 15) is 9.59 Å². The monoisotopic (exact) mass is 367 g/mol. The molecule has 2 fully saturated rings. The fourth-order valence-corrected chi connectivity index (χ4v) is 3.80. The minimum absolute atomic E-state index is 0.0514. The Kier molecular flexibility index (Phi) is 8.85. The molecule has 6 nitrogen and oxygen atoms in total. The number of nitrogens with one attached hydrogen (secondary N) is 2. The standard InChI is InChI=1S/C20H37N3O3/c1-15(2)14-18(22-19(24)17-6-4-16(3)5-7-17)20(25)21-8-9-23-10-12-26-13-11-23/h15-18H,4-14H2,1-3H3,(H,21,25)(H,22,24)/t16?,17?,18-/m1/s1. The van der Waals surface area contributed by atoms with Crippen LogP contribution in [-0.2, 0) is 14.3 Å². The average Bonchev–Trinajstić information content (AvgIpc) is 2.62. The number of carbonyl (C=O) groups is 2. The maximum atomic E-state index is 12.6. The van der Waals surface area contributed by atoms with Gasteiger partial charge in [0.15, 0.2) is 0 Å². The number of amides is 2. The topological polar surface area (TPSA) is 70.7 Å². The summed E-state index contributed by atoms with van der Waals surface area (Å²) >= 11 is 0. The van der Waals surface area contributed by atoms with Gasteiger partial charge in [-0.1, -0.05) is 20.8 Å². The van der Waals surface area contributed by atoms with Crippen molar-refractivity contribution in [1.29, 1.82) is 0 Å². The van der Waals surface area contributed by atoms with Gasteiger partial charge in [0.1, 0.15) is 6.04 Å². The van der Waals surface area contributed by atoms with E-state index in [2.05, 4.69) is 36.3 Å². The van der Waals surface area contributed by atoms with Gasteiger partial charge in [-0.15, -0.1) is 0 Å². The third kappa shape index (κ3) is 7.23. The molecule has 1 aliphatic heterocycles. The van der Waals surface area contributed by atoms with Crippen LogP contribution in [-0.4, -0.2) is 62.1 Å². The largest absolute Gasteiger partial charge is 0.379 e. The number of morpholine rings is 1. The Labute approximate surface area is 158 Å². The van der Waals surface area contributed by atoms with Gasteiger partial charge in [-0.25, -0.2) is 0 Å². The molecule has 1 saturated carbocycles. The Morgan fingerprint density at radius 3 is 2.38 bits per heavy atom. The van der Waals surface area contributed by atoms with E-state index >= 15 is 0 Å². The van der Waals surface area contributed by atoms with Gasteiger partial charge in [-0.3, -0.25) is 14.5 Å². The van der Waals surface area contributed by atoms with E-state index < -0.39 is 6.04 Å². The van der Waals surface area contributed by atoms with Crippen molar-refractivity contribution in [2.75, 3.05) is 39.4 Å². The molecule has 1 atom stereocenters. The van der Waals surface area contributed by atoms with Crippen LogP contribution in [0.2, 0.25) is 0 Å². The van der Waals surface area contributed by atoms with Gasteiger partial charge < -0.3 is 15.4 Å². The van der Waals surface area contributed by atoms with E-state index in [4.69, 9.17) is 4.74 Å². The number of hydrogen-bond donors (Lipinski definition) is 2. The quantitative estimate of drug-likeness (QED) is 0.686. The molecule has 26 heavy (non-hydrogen) atoms. The summed E-state index contributed by atoms with van der Waals surface area (Å²) in [6, 6.07) is -0.425. The molecule has 0 unspecified atom stereocenters. The lowest BCUT2D eigenvalue weighted by Gasteiger charge is -2.29. The number of ether oxygens (including phenoxy) is 1. The second-order valence-corrected chi connectivity index (χ2v) is 8.39. The highest BCUT2D eigenvalue weighted by Crippen LogP contribution is 2.28. The summed E-state index contributed by atoms with van der Waals surface area (Å²) in [4.78, 5) is 27.5. The summed E-state index contributed by atoms with van der Waals surface area (Å²) in [6.45, 7) is 11.2. The Balaban J connectivity index is 1.78. The number of hydrogen-bond acceptors (Lipinski definition) is 4. The molecule has 6 heteroatoms. The van der Waals surface area contributed by atoms with Crippen molar-refractivity contribution < 1.29 is 14.3 Å². The molecule has 1 heterocycles. The average molecular weight is 368 g/mol. The molecule has 2 amide bonds. The summed E-state index contributed by atoms with van der Waals surface area (Å²) in [5.41, 5.74) is 0. The van der Waals surface area contributed by atoms with Gasteiger partial charge in [0.05, 0.1) is 13.2 Å². The van der Waals surface area contributed by atoms with Crippen LogP contribution >= 0.6 is 0 Å².